The van der Waals surface area contributed by atoms with Gasteiger partial charge in [-0.1, -0.05) is 38.0 Å². The molecule has 0 bridgehead atoms. The molecule has 1 fully saturated rings. The SMILES string of the molecule is CCCCCc1ccccc1S(=O)(=O)N(CC(=O)OCC)C1CN(C(=O)O)C1. The van der Waals surface area contributed by atoms with E-state index in [0.717, 1.165) is 28.5 Å². The predicted molar refractivity (Wildman–Crippen MR) is 104 cm³/mol. The van der Waals surface area contributed by atoms with Crippen LogP contribution in [0.15, 0.2) is 29.2 Å². The van der Waals surface area contributed by atoms with Gasteiger partial charge < -0.3 is 14.7 Å². The zero-order valence-electron chi connectivity index (χ0n) is 16.3. The van der Waals surface area contributed by atoms with Crippen LogP contribution in [0.3, 0.4) is 0 Å². The molecule has 1 aliphatic rings. The van der Waals surface area contributed by atoms with E-state index in [1.807, 2.05) is 0 Å². The van der Waals surface area contributed by atoms with Crippen LogP contribution in [0.5, 0.6) is 0 Å². The Morgan fingerprint density at radius 2 is 1.89 bits per heavy atom. The van der Waals surface area contributed by atoms with Gasteiger partial charge in [0.05, 0.1) is 17.5 Å². The summed E-state index contributed by atoms with van der Waals surface area (Å²) < 4.78 is 32.8. The van der Waals surface area contributed by atoms with Crippen molar-refractivity contribution in [2.45, 2.75) is 50.5 Å². The minimum atomic E-state index is -3.98. The molecule has 0 spiro atoms. The van der Waals surface area contributed by atoms with E-state index in [1.54, 1.807) is 31.2 Å². The summed E-state index contributed by atoms with van der Waals surface area (Å²) in [6.07, 6.45) is 2.41. The Labute approximate surface area is 166 Å². The Balaban J connectivity index is 2.30. The molecule has 0 unspecified atom stereocenters. The third kappa shape index (κ3) is 5.23. The molecule has 0 radical (unpaired) electrons. The number of aryl methyl sites for hydroxylation is 1. The maximum atomic E-state index is 13.4. The van der Waals surface area contributed by atoms with Crippen LogP contribution in [-0.4, -0.2) is 67.1 Å². The van der Waals surface area contributed by atoms with Crippen molar-refractivity contribution in [3.63, 3.8) is 0 Å². The number of carbonyl (C=O) groups is 2. The standard InChI is InChI=1S/C19H28N2O6S/c1-3-5-6-9-15-10-7-8-11-17(15)28(25,26)21(14-18(22)27-4-2)16-12-20(13-16)19(23)24/h7-8,10-11,16H,3-6,9,12-14H2,1-2H3,(H,23,24). The van der Waals surface area contributed by atoms with E-state index in [9.17, 15) is 18.0 Å². The monoisotopic (exact) mass is 412 g/mol. The van der Waals surface area contributed by atoms with Crippen LogP contribution < -0.4 is 0 Å². The number of hydrogen-bond acceptors (Lipinski definition) is 5. The van der Waals surface area contributed by atoms with Crippen molar-refractivity contribution in [1.82, 2.24) is 9.21 Å². The van der Waals surface area contributed by atoms with Crippen molar-refractivity contribution in [3.05, 3.63) is 29.8 Å². The van der Waals surface area contributed by atoms with Gasteiger partial charge in [-0.05, 0) is 31.4 Å². The van der Waals surface area contributed by atoms with Gasteiger partial charge in [0.15, 0.2) is 0 Å². The Kier molecular flexibility index (Phi) is 7.82. The van der Waals surface area contributed by atoms with E-state index >= 15 is 0 Å². The summed E-state index contributed by atoms with van der Waals surface area (Å²) in [6.45, 7) is 3.51. The number of carboxylic acid groups (broad SMARTS) is 1. The average Bonchev–Trinajstić information content (AvgIpc) is 2.60. The first-order chi connectivity index (χ1) is 13.3. The number of likely N-dealkylation sites (tertiary alicyclic amines) is 1. The van der Waals surface area contributed by atoms with Crippen LogP contribution in [0.2, 0.25) is 0 Å². The molecule has 0 atom stereocenters. The van der Waals surface area contributed by atoms with Gasteiger partial charge in [-0.25, -0.2) is 13.2 Å². The number of hydrogen-bond donors (Lipinski definition) is 1. The molecule has 1 aromatic rings. The van der Waals surface area contributed by atoms with E-state index in [4.69, 9.17) is 9.84 Å². The van der Waals surface area contributed by atoms with E-state index in [-0.39, 0.29) is 24.6 Å². The molecular formula is C19H28N2O6S. The number of amides is 1. The van der Waals surface area contributed by atoms with Crippen molar-refractivity contribution in [2.24, 2.45) is 0 Å². The van der Waals surface area contributed by atoms with E-state index < -0.39 is 34.7 Å². The zero-order chi connectivity index (χ0) is 20.7. The molecule has 8 nitrogen and oxygen atoms in total. The topological polar surface area (TPSA) is 104 Å². The number of esters is 1. The van der Waals surface area contributed by atoms with Crippen LogP contribution >= 0.6 is 0 Å². The van der Waals surface area contributed by atoms with Crippen LogP contribution in [-0.2, 0) is 26.0 Å². The van der Waals surface area contributed by atoms with Crippen molar-refractivity contribution < 1.29 is 27.9 Å². The van der Waals surface area contributed by atoms with Gasteiger partial charge in [0.1, 0.15) is 6.54 Å². The number of benzene rings is 1. The molecule has 1 aliphatic heterocycles. The first-order valence-corrected chi connectivity index (χ1v) is 11.0. The molecule has 1 amide bonds. The number of rotatable bonds is 10. The smallest absolute Gasteiger partial charge is 0.407 e. The minimum Gasteiger partial charge on any atom is -0.465 e. The molecule has 28 heavy (non-hydrogen) atoms. The predicted octanol–water partition coefficient (Wildman–Crippen LogP) is 2.34. The highest BCUT2D eigenvalue weighted by Crippen LogP contribution is 2.27. The number of nitrogens with zero attached hydrogens (tertiary/aromatic N) is 2. The summed E-state index contributed by atoms with van der Waals surface area (Å²) in [5.74, 6) is -0.650. The Hall–Kier alpha value is -2.13. The fourth-order valence-electron chi connectivity index (χ4n) is 3.19. The zero-order valence-corrected chi connectivity index (χ0v) is 17.2. The molecule has 1 aromatic carbocycles. The average molecular weight is 413 g/mol. The maximum Gasteiger partial charge on any atom is 0.407 e. The fraction of sp³-hybridized carbons (Fsp3) is 0.579. The number of sulfonamides is 1. The van der Waals surface area contributed by atoms with Gasteiger partial charge in [-0.3, -0.25) is 4.79 Å². The highest BCUT2D eigenvalue weighted by atomic mass is 32.2. The molecule has 0 aliphatic carbocycles. The number of unbranched alkanes of at least 4 members (excludes halogenated alkanes) is 2. The molecular weight excluding hydrogens is 384 g/mol. The van der Waals surface area contributed by atoms with Gasteiger partial charge in [0.2, 0.25) is 10.0 Å². The molecule has 0 aromatic heterocycles. The lowest BCUT2D eigenvalue weighted by molar-refractivity contribution is -0.144. The van der Waals surface area contributed by atoms with Gasteiger partial charge in [-0.2, -0.15) is 4.31 Å². The van der Waals surface area contributed by atoms with Crippen LogP contribution in [0.4, 0.5) is 4.79 Å². The molecule has 9 heteroatoms. The summed E-state index contributed by atoms with van der Waals surface area (Å²) in [4.78, 5) is 24.4. The molecule has 156 valence electrons. The highest BCUT2D eigenvalue weighted by molar-refractivity contribution is 7.89. The summed E-state index contributed by atoms with van der Waals surface area (Å²) in [5.41, 5.74) is 0.708. The van der Waals surface area contributed by atoms with Gasteiger partial charge in [0, 0.05) is 13.1 Å². The van der Waals surface area contributed by atoms with Crippen LogP contribution in [0.1, 0.15) is 38.7 Å². The Bertz CT molecular complexity index is 789. The second-order valence-corrected chi connectivity index (χ2v) is 8.62. The normalized spacial score (nSPS) is 14.8. The summed E-state index contributed by atoms with van der Waals surface area (Å²) >= 11 is 0. The molecule has 1 heterocycles. The molecule has 1 N–H and O–H groups in total. The van der Waals surface area contributed by atoms with E-state index in [0.29, 0.717) is 12.0 Å². The quantitative estimate of drug-likeness (QED) is 0.467. The summed E-state index contributed by atoms with van der Waals surface area (Å²) in [6, 6.07) is 6.20. The van der Waals surface area contributed by atoms with E-state index in [1.165, 1.54) is 0 Å². The summed E-state index contributed by atoms with van der Waals surface area (Å²) in [7, 11) is -3.98. The maximum absolute atomic E-state index is 13.4. The second-order valence-electron chi connectivity index (χ2n) is 6.76. The highest BCUT2D eigenvalue weighted by Gasteiger charge is 2.42. The molecule has 1 saturated heterocycles. The van der Waals surface area contributed by atoms with Crippen LogP contribution in [0.25, 0.3) is 0 Å². The van der Waals surface area contributed by atoms with Crippen molar-refractivity contribution >= 4 is 22.1 Å². The van der Waals surface area contributed by atoms with Crippen molar-refractivity contribution in [2.75, 3.05) is 26.2 Å². The third-order valence-corrected chi connectivity index (χ3v) is 6.74. The lowest BCUT2D eigenvalue weighted by atomic mass is 10.1. The van der Waals surface area contributed by atoms with Crippen LogP contribution in [0, 0.1) is 0 Å². The van der Waals surface area contributed by atoms with Gasteiger partial charge in [0.25, 0.3) is 0 Å². The van der Waals surface area contributed by atoms with Gasteiger partial charge >= 0.3 is 12.1 Å². The molecule has 0 saturated carbocycles. The van der Waals surface area contributed by atoms with E-state index in [2.05, 4.69) is 6.92 Å². The van der Waals surface area contributed by atoms with Crippen molar-refractivity contribution in [1.29, 1.82) is 0 Å². The molecule has 2 rings (SSSR count). The first kappa shape index (κ1) is 22.2. The number of ether oxygens (including phenoxy) is 1. The fourth-order valence-corrected chi connectivity index (χ4v) is 5.00. The third-order valence-electron chi connectivity index (χ3n) is 4.74. The Morgan fingerprint density at radius 3 is 2.50 bits per heavy atom. The Morgan fingerprint density at radius 1 is 1.21 bits per heavy atom. The first-order valence-electron chi connectivity index (χ1n) is 9.54. The summed E-state index contributed by atoms with van der Waals surface area (Å²) in [5, 5.41) is 9.05. The second kappa shape index (κ2) is 9.88. The van der Waals surface area contributed by atoms with Gasteiger partial charge in [-0.15, -0.1) is 0 Å². The lowest BCUT2D eigenvalue weighted by Crippen LogP contribution is -2.62. The van der Waals surface area contributed by atoms with Crippen molar-refractivity contribution in [3.8, 4) is 0 Å². The lowest BCUT2D eigenvalue weighted by Gasteiger charge is -2.42. The minimum absolute atomic E-state index is 0.0337. The largest absolute Gasteiger partial charge is 0.465 e. The number of carbonyl (C=O) groups excluding carboxylic acids is 1.